The Labute approximate surface area is 393 Å². The Balaban J connectivity index is 0.000000196. The molecule has 2 N–H and O–H groups in total. The molecule has 0 aliphatic rings. The van der Waals surface area contributed by atoms with E-state index in [2.05, 4.69) is 16.0 Å². The van der Waals surface area contributed by atoms with Gasteiger partial charge in [0.05, 0.1) is 23.0 Å². The summed E-state index contributed by atoms with van der Waals surface area (Å²) in [6.07, 6.45) is 8.60. The number of aromatic nitrogens is 2. The first kappa shape index (κ1) is 47.3. The van der Waals surface area contributed by atoms with E-state index in [9.17, 15) is 19.2 Å². The number of benzene rings is 4. The summed E-state index contributed by atoms with van der Waals surface area (Å²) in [5.74, 6) is -0.936. The molecule has 4 heterocycles. The average Bonchev–Trinajstić information content (AvgIpc) is 3.98. The molecule has 0 fully saturated rings. The second-order valence-corrected chi connectivity index (χ2v) is 18.9. The van der Waals surface area contributed by atoms with E-state index in [0.717, 1.165) is 80.9 Å². The van der Waals surface area contributed by atoms with Crippen molar-refractivity contribution in [1.29, 1.82) is 0 Å². The van der Waals surface area contributed by atoms with E-state index in [0.29, 0.717) is 24.0 Å². The fourth-order valence-corrected chi connectivity index (χ4v) is 10.2. The summed E-state index contributed by atoms with van der Waals surface area (Å²) >= 11 is 3.01. The molecule has 0 radical (unpaired) electrons. The third kappa shape index (κ3) is 12.0. The smallest absolute Gasteiger partial charge is 0.338 e. The van der Waals surface area contributed by atoms with Gasteiger partial charge in [0.15, 0.2) is 0 Å². The largest absolute Gasteiger partial charge is 0.456 e. The first-order valence-electron chi connectivity index (χ1n) is 22.0. The molecule has 0 saturated heterocycles. The lowest BCUT2D eigenvalue weighted by atomic mass is 9.93. The van der Waals surface area contributed by atoms with Crippen molar-refractivity contribution in [3.05, 3.63) is 198 Å². The fraction of sp³-hybridized carbons (Fsp3) is 0.236. The van der Waals surface area contributed by atoms with Crippen LogP contribution in [0.1, 0.15) is 98.8 Å². The van der Waals surface area contributed by atoms with Crippen LogP contribution in [0, 0.1) is 27.7 Å². The Morgan fingerprint density at radius 1 is 0.545 bits per heavy atom. The van der Waals surface area contributed by atoms with E-state index in [1.165, 1.54) is 11.3 Å². The minimum atomic E-state index is -0.382. The number of pyridine rings is 2. The van der Waals surface area contributed by atoms with Crippen molar-refractivity contribution < 1.29 is 28.7 Å². The summed E-state index contributed by atoms with van der Waals surface area (Å²) in [6.45, 7) is 10.4. The lowest BCUT2D eigenvalue weighted by molar-refractivity contribution is -0.120. The van der Waals surface area contributed by atoms with Gasteiger partial charge in [-0.2, -0.15) is 0 Å². The number of hydrogen-bond acceptors (Lipinski definition) is 11. The van der Waals surface area contributed by atoms with Crippen LogP contribution >= 0.6 is 22.7 Å². The molecule has 4 aromatic heterocycles. The summed E-state index contributed by atoms with van der Waals surface area (Å²) in [5, 5.41) is 4.26. The quantitative estimate of drug-likeness (QED) is 0.0939. The zero-order valence-corrected chi connectivity index (χ0v) is 39.5. The van der Waals surface area contributed by atoms with Crippen molar-refractivity contribution >= 4 is 67.7 Å². The van der Waals surface area contributed by atoms with E-state index < -0.39 is 0 Å². The maximum absolute atomic E-state index is 13.1. The van der Waals surface area contributed by atoms with Crippen LogP contribution < -0.4 is 5.73 Å². The molecule has 66 heavy (non-hydrogen) atoms. The molecular formula is C55H53N3O6S2. The van der Waals surface area contributed by atoms with Crippen molar-refractivity contribution in [3.8, 4) is 0 Å². The van der Waals surface area contributed by atoms with E-state index in [1.807, 2.05) is 144 Å². The van der Waals surface area contributed by atoms with Crippen molar-refractivity contribution in [2.45, 2.75) is 78.9 Å². The minimum Gasteiger partial charge on any atom is -0.456 e. The number of esters is 2. The van der Waals surface area contributed by atoms with Gasteiger partial charge in [0, 0.05) is 74.5 Å². The van der Waals surface area contributed by atoms with Crippen LogP contribution in [0.25, 0.3) is 21.5 Å². The molecule has 8 aromatic rings. The first-order valence-corrected chi connectivity index (χ1v) is 23.6. The topological polar surface area (TPSA) is 139 Å². The Kier molecular flexibility index (Phi) is 15.8. The molecule has 0 spiro atoms. The van der Waals surface area contributed by atoms with E-state index in [-0.39, 0.29) is 55.1 Å². The zero-order valence-electron chi connectivity index (χ0n) is 37.8. The number of ether oxygens (including phenoxy) is 2. The second-order valence-electron chi connectivity index (χ2n) is 16.5. The maximum atomic E-state index is 13.1. The Morgan fingerprint density at radius 3 is 1.44 bits per heavy atom. The number of aryl methyl sites for hydroxylation is 4. The summed E-state index contributed by atoms with van der Waals surface area (Å²) in [4.78, 5) is 63.1. The third-order valence-corrected chi connectivity index (χ3v) is 13.9. The van der Waals surface area contributed by atoms with Gasteiger partial charge < -0.3 is 15.2 Å². The summed E-state index contributed by atoms with van der Waals surface area (Å²) in [6, 6.07) is 35.0. The highest BCUT2D eigenvalue weighted by Crippen LogP contribution is 2.31. The molecule has 0 aliphatic carbocycles. The van der Waals surface area contributed by atoms with Crippen molar-refractivity contribution in [1.82, 2.24) is 9.97 Å². The molecule has 0 saturated carbocycles. The molecule has 336 valence electrons. The number of nitrogens with two attached hydrogens (primary N) is 1. The van der Waals surface area contributed by atoms with Gasteiger partial charge in [-0.15, -0.1) is 22.7 Å². The van der Waals surface area contributed by atoms with Crippen molar-refractivity contribution in [2.75, 3.05) is 6.54 Å². The Bertz CT molecular complexity index is 2820. The van der Waals surface area contributed by atoms with Crippen LogP contribution in [-0.2, 0) is 45.1 Å². The number of rotatable bonds is 16. The Morgan fingerprint density at radius 2 is 1.00 bits per heavy atom. The molecule has 11 heteroatoms. The van der Waals surface area contributed by atoms with Gasteiger partial charge in [-0.3, -0.25) is 19.6 Å². The van der Waals surface area contributed by atoms with Crippen molar-refractivity contribution in [2.24, 2.45) is 5.73 Å². The van der Waals surface area contributed by atoms with Gasteiger partial charge in [-0.25, -0.2) is 9.59 Å². The van der Waals surface area contributed by atoms with Crippen LogP contribution in [0.4, 0.5) is 0 Å². The second kappa shape index (κ2) is 22.0. The molecule has 2 atom stereocenters. The predicted molar refractivity (Wildman–Crippen MR) is 264 cm³/mol. The monoisotopic (exact) mass is 915 g/mol. The first-order chi connectivity index (χ1) is 31.9. The summed E-state index contributed by atoms with van der Waals surface area (Å²) in [7, 11) is 0. The van der Waals surface area contributed by atoms with Crippen LogP contribution in [-0.4, -0.2) is 40.0 Å². The molecule has 0 aliphatic heterocycles. The number of Topliss-reactive ketones (excluding diaryl/α,β-unsaturated/α-hetero) is 2. The summed E-state index contributed by atoms with van der Waals surface area (Å²) < 4.78 is 11.0. The van der Waals surface area contributed by atoms with Gasteiger partial charge in [-0.1, -0.05) is 78.7 Å². The lowest BCUT2D eigenvalue weighted by Gasteiger charge is -2.12. The van der Waals surface area contributed by atoms with Crippen LogP contribution in [0.2, 0.25) is 0 Å². The fourth-order valence-electron chi connectivity index (χ4n) is 7.96. The number of thiophene rings is 2. The van der Waals surface area contributed by atoms with Crippen molar-refractivity contribution in [3.63, 3.8) is 0 Å². The minimum absolute atomic E-state index is 0.0755. The molecule has 9 nitrogen and oxygen atoms in total. The predicted octanol–water partition coefficient (Wildman–Crippen LogP) is 11.7. The highest BCUT2D eigenvalue weighted by Gasteiger charge is 2.23. The summed E-state index contributed by atoms with van der Waals surface area (Å²) in [5.41, 5.74) is 13.1. The highest BCUT2D eigenvalue weighted by atomic mass is 32.1. The third-order valence-electron chi connectivity index (χ3n) is 11.5. The zero-order chi connectivity index (χ0) is 46.7. The average molecular weight is 916 g/mol. The molecular weight excluding hydrogens is 863 g/mol. The van der Waals surface area contributed by atoms with Gasteiger partial charge in [-0.05, 0) is 116 Å². The van der Waals surface area contributed by atoms with E-state index in [1.54, 1.807) is 29.8 Å². The van der Waals surface area contributed by atoms with Gasteiger partial charge >= 0.3 is 11.9 Å². The highest BCUT2D eigenvalue weighted by molar-refractivity contribution is 7.12. The molecule has 2 unspecified atom stereocenters. The van der Waals surface area contributed by atoms with Crippen LogP contribution in [0.3, 0.4) is 0 Å². The molecule has 4 aromatic carbocycles. The standard InChI is InChI=1S/C28H27NO3S.C27H26N2O3S/c1-4-24(26(30)15-20-6-7-22-16-29-12-11-21(22)14-20)27-10-8-23(33-27)17-32-28(31)25-9-5-18(2)13-19(25)3;1-17-3-7-23(18(2)11-17)27(31)32-16-22-6-8-26(33-22)24(14-28)25(30)13-19-4-5-21-15-29-10-9-20(21)12-19/h5-14,16,24H,4,15,17H2,1-3H3;3-12,15,24H,13-14,16,28H2,1-2H3. The van der Waals surface area contributed by atoms with Gasteiger partial charge in [0.2, 0.25) is 0 Å². The number of carbonyl (C=O) groups is 4. The van der Waals surface area contributed by atoms with E-state index >= 15 is 0 Å². The maximum Gasteiger partial charge on any atom is 0.338 e. The Hall–Kier alpha value is -6.66. The van der Waals surface area contributed by atoms with Crippen LogP contribution in [0.15, 0.2) is 134 Å². The van der Waals surface area contributed by atoms with Gasteiger partial charge in [0.1, 0.15) is 24.8 Å². The van der Waals surface area contributed by atoms with Crippen LogP contribution in [0.5, 0.6) is 0 Å². The number of hydrogen-bond donors (Lipinski definition) is 1. The van der Waals surface area contributed by atoms with E-state index in [4.69, 9.17) is 15.2 Å². The molecule has 0 amide bonds. The number of carbonyl (C=O) groups excluding carboxylic acids is 4. The number of nitrogens with zero attached hydrogens (tertiary/aromatic N) is 2. The number of fused-ring (bicyclic) bond motifs is 2. The number of ketones is 2. The molecule has 8 rings (SSSR count). The SMILES string of the molecule is CCC(C(=O)Cc1ccc2cnccc2c1)c1ccc(COC(=O)c2ccc(C)cc2C)s1.Cc1ccc(C(=O)OCc2ccc(C(CN)C(=O)Cc3ccc4cnccc4c3)s2)c(C)c1. The van der Waals surface area contributed by atoms with Gasteiger partial charge in [0.25, 0.3) is 0 Å². The lowest BCUT2D eigenvalue weighted by Crippen LogP contribution is -2.22. The normalized spacial score (nSPS) is 12.0. The molecule has 0 bridgehead atoms.